The molecule has 122 valence electrons. The molecule has 6 nitrogen and oxygen atoms in total. The number of nitrogens with zero attached hydrogens (tertiary/aromatic N) is 2. The molecule has 1 saturated heterocycles. The van der Waals surface area contributed by atoms with E-state index in [1.807, 2.05) is 37.4 Å². The molecular formula is C17H22N4O2. The molecule has 1 aliphatic heterocycles. The van der Waals surface area contributed by atoms with Crippen LogP contribution in [-0.2, 0) is 4.74 Å². The number of benzene rings is 1. The number of H-pyrrole nitrogens is 1. The second kappa shape index (κ2) is 7.28. The second-order valence-corrected chi connectivity index (χ2v) is 5.67. The standard InChI is InChI=1S/C17H22N4O2/c1-2-21(12-16-4-3-9-23-16)17(22)20-15-7-5-13(6-8-15)14-10-18-19-11-14/h5-8,10-11,16H,2-4,9,12H2,1H3,(H,18,19)(H,20,22). The van der Waals surface area contributed by atoms with Gasteiger partial charge in [0.05, 0.1) is 12.3 Å². The van der Waals surface area contributed by atoms with Crippen molar-refractivity contribution < 1.29 is 9.53 Å². The van der Waals surface area contributed by atoms with E-state index in [2.05, 4.69) is 15.5 Å². The lowest BCUT2D eigenvalue weighted by molar-refractivity contribution is 0.0849. The molecule has 1 aromatic carbocycles. The highest BCUT2D eigenvalue weighted by molar-refractivity contribution is 5.89. The monoisotopic (exact) mass is 314 g/mol. The van der Waals surface area contributed by atoms with E-state index in [1.165, 1.54) is 0 Å². The summed E-state index contributed by atoms with van der Waals surface area (Å²) in [7, 11) is 0. The van der Waals surface area contributed by atoms with Gasteiger partial charge >= 0.3 is 6.03 Å². The number of likely N-dealkylation sites (N-methyl/N-ethyl adjacent to an activating group) is 1. The number of amides is 2. The maximum Gasteiger partial charge on any atom is 0.321 e. The molecule has 1 atom stereocenters. The molecule has 23 heavy (non-hydrogen) atoms. The third-order valence-electron chi connectivity index (χ3n) is 4.08. The van der Waals surface area contributed by atoms with Crippen molar-refractivity contribution in [1.29, 1.82) is 0 Å². The molecule has 0 bridgehead atoms. The number of ether oxygens (including phenoxy) is 1. The number of aromatic nitrogens is 2. The number of hydrogen-bond acceptors (Lipinski definition) is 3. The van der Waals surface area contributed by atoms with Crippen LogP contribution in [0.25, 0.3) is 11.1 Å². The summed E-state index contributed by atoms with van der Waals surface area (Å²) in [6.07, 6.45) is 5.90. The number of urea groups is 1. The number of aromatic amines is 1. The first kappa shape index (κ1) is 15.6. The average molecular weight is 314 g/mol. The van der Waals surface area contributed by atoms with Gasteiger partial charge < -0.3 is 15.0 Å². The second-order valence-electron chi connectivity index (χ2n) is 5.67. The smallest absolute Gasteiger partial charge is 0.321 e. The van der Waals surface area contributed by atoms with Gasteiger partial charge in [-0.1, -0.05) is 12.1 Å². The summed E-state index contributed by atoms with van der Waals surface area (Å²) in [6, 6.07) is 7.66. The van der Waals surface area contributed by atoms with Crippen LogP contribution in [-0.4, -0.2) is 46.9 Å². The molecule has 1 unspecified atom stereocenters. The van der Waals surface area contributed by atoms with E-state index in [1.54, 1.807) is 11.1 Å². The normalized spacial score (nSPS) is 17.2. The fraction of sp³-hybridized carbons (Fsp3) is 0.412. The molecule has 6 heteroatoms. The van der Waals surface area contributed by atoms with E-state index in [4.69, 9.17) is 4.74 Å². The zero-order valence-electron chi connectivity index (χ0n) is 13.3. The van der Waals surface area contributed by atoms with Crippen LogP contribution in [0.15, 0.2) is 36.7 Å². The molecule has 2 aromatic rings. The lowest BCUT2D eigenvalue weighted by Crippen LogP contribution is -2.39. The Balaban J connectivity index is 1.59. The largest absolute Gasteiger partial charge is 0.376 e. The quantitative estimate of drug-likeness (QED) is 0.891. The first-order valence-corrected chi connectivity index (χ1v) is 8.03. The number of carbonyl (C=O) groups is 1. The van der Waals surface area contributed by atoms with E-state index < -0.39 is 0 Å². The Hall–Kier alpha value is -2.34. The Morgan fingerprint density at radius 3 is 2.83 bits per heavy atom. The number of anilines is 1. The van der Waals surface area contributed by atoms with Gasteiger partial charge in [-0.15, -0.1) is 0 Å². The van der Waals surface area contributed by atoms with Crippen molar-refractivity contribution in [3.63, 3.8) is 0 Å². The lowest BCUT2D eigenvalue weighted by Gasteiger charge is -2.24. The van der Waals surface area contributed by atoms with Gasteiger partial charge in [-0.2, -0.15) is 5.10 Å². The molecule has 1 aliphatic rings. The molecule has 2 heterocycles. The Labute approximate surface area is 135 Å². The third-order valence-corrected chi connectivity index (χ3v) is 4.08. The number of carbonyl (C=O) groups excluding carboxylic acids is 1. The van der Waals surface area contributed by atoms with Gasteiger partial charge in [0.2, 0.25) is 0 Å². The van der Waals surface area contributed by atoms with Crippen LogP contribution < -0.4 is 5.32 Å². The highest BCUT2D eigenvalue weighted by Crippen LogP contribution is 2.20. The summed E-state index contributed by atoms with van der Waals surface area (Å²) >= 11 is 0. The zero-order chi connectivity index (χ0) is 16.1. The Kier molecular flexibility index (Phi) is 4.92. The highest BCUT2D eigenvalue weighted by Gasteiger charge is 2.21. The fourth-order valence-electron chi connectivity index (χ4n) is 2.75. The first-order valence-electron chi connectivity index (χ1n) is 8.03. The lowest BCUT2D eigenvalue weighted by atomic mass is 10.1. The first-order chi connectivity index (χ1) is 11.3. The van der Waals surface area contributed by atoms with Crippen molar-refractivity contribution in [3.05, 3.63) is 36.7 Å². The van der Waals surface area contributed by atoms with Crippen LogP contribution in [0.2, 0.25) is 0 Å². The van der Waals surface area contributed by atoms with E-state index in [-0.39, 0.29) is 12.1 Å². The maximum absolute atomic E-state index is 12.4. The van der Waals surface area contributed by atoms with Crippen LogP contribution in [0.3, 0.4) is 0 Å². The summed E-state index contributed by atoms with van der Waals surface area (Å²) in [6.45, 7) is 4.10. The number of hydrogen-bond donors (Lipinski definition) is 2. The van der Waals surface area contributed by atoms with Gasteiger partial charge in [-0.25, -0.2) is 4.79 Å². The van der Waals surface area contributed by atoms with Crippen molar-refractivity contribution in [1.82, 2.24) is 15.1 Å². The molecule has 1 fully saturated rings. The van der Waals surface area contributed by atoms with Crippen LogP contribution >= 0.6 is 0 Å². The average Bonchev–Trinajstić information content (AvgIpc) is 3.27. The molecule has 0 radical (unpaired) electrons. The van der Waals surface area contributed by atoms with Gasteiger partial charge in [-0.3, -0.25) is 5.10 Å². The molecule has 0 saturated carbocycles. The van der Waals surface area contributed by atoms with E-state index in [0.29, 0.717) is 13.1 Å². The van der Waals surface area contributed by atoms with Gasteiger partial charge in [-0.05, 0) is 37.5 Å². The van der Waals surface area contributed by atoms with E-state index in [0.717, 1.165) is 36.3 Å². The molecule has 0 spiro atoms. The molecular weight excluding hydrogens is 292 g/mol. The maximum atomic E-state index is 12.4. The minimum Gasteiger partial charge on any atom is -0.376 e. The highest BCUT2D eigenvalue weighted by atomic mass is 16.5. The van der Waals surface area contributed by atoms with Crippen molar-refractivity contribution in [3.8, 4) is 11.1 Å². The number of rotatable bonds is 5. The molecule has 2 amide bonds. The minimum absolute atomic E-state index is 0.0842. The van der Waals surface area contributed by atoms with Gasteiger partial charge in [0.15, 0.2) is 0 Å². The van der Waals surface area contributed by atoms with Gasteiger partial charge in [0, 0.05) is 37.1 Å². The van der Waals surface area contributed by atoms with E-state index in [9.17, 15) is 4.79 Å². The summed E-state index contributed by atoms with van der Waals surface area (Å²) in [5, 5.41) is 9.68. The summed E-state index contributed by atoms with van der Waals surface area (Å²) in [5.41, 5.74) is 2.87. The van der Waals surface area contributed by atoms with E-state index >= 15 is 0 Å². The topological polar surface area (TPSA) is 70.2 Å². The Morgan fingerprint density at radius 1 is 1.39 bits per heavy atom. The molecule has 0 aliphatic carbocycles. The summed E-state index contributed by atoms with van der Waals surface area (Å²) in [5.74, 6) is 0. The third kappa shape index (κ3) is 3.90. The zero-order valence-corrected chi connectivity index (χ0v) is 13.3. The molecule has 3 rings (SSSR count). The van der Waals surface area contributed by atoms with Crippen LogP contribution in [0.1, 0.15) is 19.8 Å². The minimum atomic E-state index is -0.0842. The molecule has 1 aromatic heterocycles. The molecule has 2 N–H and O–H groups in total. The Bertz CT molecular complexity index is 619. The predicted molar refractivity (Wildman–Crippen MR) is 89.3 cm³/mol. The van der Waals surface area contributed by atoms with Crippen molar-refractivity contribution >= 4 is 11.7 Å². The van der Waals surface area contributed by atoms with Crippen LogP contribution in [0, 0.1) is 0 Å². The Morgan fingerprint density at radius 2 is 2.22 bits per heavy atom. The fourth-order valence-corrected chi connectivity index (χ4v) is 2.75. The van der Waals surface area contributed by atoms with Crippen LogP contribution in [0.4, 0.5) is 10.5 Å². The number of nitrogens with one attached hydrogen (secondary N) is 2. The van der Waals surface area contributed by atoms with Crippen molar-refractivity contribution in [2.24, 2.45) is 0 Å². The van der Waals surface area contributed by atoms with Crippen molar-refractivity contribution in [2.75, 3.05) is 25.0 Å². The van der Waals surface area contributed by atoms with Gasteiger partial charge in [0.25, 0.3) is 0 Å². The van der Waals surface area contributed by atoms with Crippen LogP contribution in [0.5, 0.6) is 0 Å². The van der Waals surface area contributed by atoms with Gasteiger partial charge in [0.1, 0.15) is 0 Å². The summed E-state index contributed by atoms with van der Waals surface area (Å²) < 4.78 is 5.61. The summed E-state index contributed by atoms with van der Waals surface area (Å²) in [4.78, 5) is 14.2. The SMILES string of the molecule is CCN(CC1CCCO1)C(=O)Nc1ccc(-c2cn[nH]c2)cc1. The van der Waals surface area contributed by atoms with Crippen molar-refractivity contribution in [2.45, 2.75) is 25.9 Å². The predicted octanol–water partition coefficient (Wildman–Crippen LogP) is 3.11.